The van der Waals surface area contributed by atoms with Crippen LogP contribution in [0.2, 0.25) is 0 Å². The molecule has 6 rings (SSSR count). The maximum Gasteiger partial charge on any atom is 0.274 e. The van der Waals surface area contributed by atoms with E-state index in [0.29, 0.717) is 17.5 Å². The molecule has 0 spiro atoms. The molecule has 0 aliphatic carbocycles. The number of rotatable bonds is 6. The molecule has 0 fully saturated rings. The van der Waals surface area contributed by atoms with Gasteiger partial charge in [0.25, 0.3) is 5.91 Å². The Morgan fingerprint density at radius 2 is 1.39 bits per heavy atom. The molecule has 6 heteroatoms. The summed E-state index contributed by atoms with van der Waals surface area (Å²) in [6, 6.07) is 32.9. The van der Waals surface area contributed by atoms with Gasteiger partial charge in [-0.25, -0.2) is 9.69 Å². The van der Waals surface area contributed by atoms with Crippen LogP contribution in [0.3, 0.4) is 0 Å². The van der Waals surface area contributed by atoms with Crippen molar-refractivity contribution in [2.24, 2.45) is 5.10 Å². The summed E-state index contributed by atoms with van der Waals surface area (Å²) < 4.78 is 1.87. The average molecular weight is 539 g/mol. The predicted molar refractivity (Wildman–Crippen MR) is 161 cm³/mol. The van der Waals surface area contributed by atoms with E-state index in [-0.39, 0.29) is 11.7 Å². The monoisotopic (exact) mass is 538 g/mol. The van der Waals surface area contributed by atoms with Crippen molar-refractivity contribution in [1.29, 1.82) is 0 Å². The van der Waals surface area contributed by atoms with Crippen LogP contribution in [0.1, 0.15) is 62.4 Å². The Bertz CT molecular complexity index is 1770. The number of hydrogen-bond acceptors (Lipinski definition) is 4. The molecular formula is C35H30N4O2. The summed E-state index contributed by atoms with van der Waals surface area (Å²) in [5.74, 6) is -0.352. The summed E-state index contributed by atoms with van der Waals surface area (Å²) in [6.45, 7) is 5.61. The maximum atomic E-state index is 14.1. The maximum absolute atomic E-state index is 14.1. The van der Waals surface area contributed by atoms with Crippen molar-refractivity contribution in [3.05, 3.63) is 143 Å². The number of carbonyl (C=O) groups is 2. The number of aromatic nitrogens is 2. The quantitative estimate of drug-likeness (QED) is 0.212. The molecule has 41 heavy (non-hydrogen) atoms. The second kappa shape index (κ2) is 10.8. The van der Waals surface area contributed by atoms with Gasteiger partial charge in [-0.05, 0) is 50.6 Å². The first-order valence-corrected chi connectivity index (χ1v) is 13.7. The Labute approximate surface area is 239 Å². The minimum absolute atomic E-state index is 0.0905. The molecule has 1 amide bonds. The molecule has 6 nitrogen and oxygen atoms in total. The fourth-order valence-corrected chi connectivity index (χ4v) is 5.14. The number of ketones is 1. The molecule has 2 heterocycles. The lowest BCUT2D eigenvalue weighted by molar-refractivity contribution is 0.0711. The Hall–Kier alpha value is -5.10. The van der Waals surface area contributed by atoms with Gasteiger partial charge < -0.3 is 0 Å². The molecule has 5 aromatic rings. The molecule has 0 N–H and O–H groups in total. The standard InChI is InChI=1S/C35H30N4O2/c1-23-12-16-26(17-13-23)32-21-33(39(36-32)35(41)29-9-7-8-28(20-29)25(3)40)31-22-38(30-10-5-4-6-11-30)37-34(31)27-18-14-24(2)15-19-27/h4-20,22,33H,21H2,1-3H3. The smallest absolute Gasteiger partial charge is 0.274 e. The third kappa shape index (κ3) is 5.24. The van der Waals surface area contributed by atoms with Crippen LogP contribution in [-0.2, 0) is 0 Å². The third-order valence-corrected chi connectivity index (χ3v) is 7.47. The number of amides is 1. The van der Waals surface area contributed by atoms with E-state index in [0.717, 1.165) is 44.9 Å². The van der Waals surface area contributed by atoms with Crippen molar-refractivity contribution in [1.82, 2.24) is 14.8 Å². The first-order chi connectivity index (χ1) is 19.9. The summed E-state index contributed by atoms with van der Waals surface area (Å²) >= 11 is 0. The van der Waals surface area contributed by atoms with Crippen LogP contribution >= 0.6 is 0 Å². The van der Waals surface area contributed by atoms with E-state index in [9.17, 15) is 9.59 Å². The highest BCUT2D eigenvalue weighted by Gasteiger charge is 2.36. The first kappa shape index (κ1) is 26.1. The molecule has 0 radical (unpaired) electrons. The van der Waals surface area contributed by atoms with E-state index in [1.54, 1.807) is 29.3 Å². The Balaban J connectivity index is 1.49. The number of hydrogen-bond donors (Lipinski definition) is 0. The highest BCUT2D eigenvalue weighted by Crippen LogP contribution is 2.39. The SMILES string of the molecule is CC(=O)c1cccc(C(=O)N2N=C(c3ccc(C)cc3)CC2c2cn(-c3ccccc3)nc2-c2ccc(C)cc2)c1. The van der Waals surface area contributed by atoms with Gasteiger partial charge in [-0.3, -0.25) is 9.59 Å². The molecular weight excluding hydrogens is 508 g/mol. The average Bonchev–Trinajstić information content (AvgIpc) is 3.63. The first-order valence-electron chi connectivity index (χ1n) is 13.7. The number of hydrazone groups is 1. The largest absolute Gasteiger partial charge is 0.295 e. The van der Waals surface area contributed by atoms with Crippen LogP contribution in [0.4, 0.5) is 0 Å². The zero-order chi connectivity index (χ0) is 28.5. The van der Waals surface area contributed by atoms with Gasteiger partial charge in [-0.1, -0.05) is 90.0 Å². The molecule has 1 atom stereocenters. The molecule has 1 aliphatic rings. The second-order valence-electron chi connectivity index (χ2n) is 10.5. The van der Waals surface area contributed by atoms with Crippen molar-refractivity contribution >= 4 is 17.4 Å². The summed E-state index contributed by atoms with van der Waals surface area (Å²) in [7, 11) is 0. The number of Topliss-reactive ketones (excluding diaryl/α,β-unsaturated/α-hetero) is 1. The molecule has 202 valence electrons. The van der Waals surface area contributed by atoms with Crippen LogP contribution in [0.25, 0.3) is 16.9 Å². The van der Waals surface area contributed by atoms with Gasteiger partial charge >= 0.3 is 0 Å². The Morgan fingerprint density at radius 3 is 2.05 bits per heavy atom. The van der Waals surface area contributed by atoms with Gasteiger partial charge in [0.05, 0.1) is 23.1 Å². The summed E-state index contributed by atoms with van der Waals surface area (Å²) in [5, 5.41) is 11.5. The van der Waals surface area contributed by atoms with Crippen LogP contribution in [0, 0.1) is 13.8 Å². The van der Waals surface area contributed by atoms with Gasteiger partial charge in [0, 0.05) is 34.9 Å². The number of nitrogens with zero attached hydrogens (tertiary/aromatic N) is 4. The van der Waals surface area contributed by atoms with Crippen molar-refractivity contribution in [3.63, 3.8) is 0 Å². The van der Waals surface area contributed by atoms with Crippen LogP contribution in [0.15, 0.2) is 114 Å². The van der Waals surface area contributed by atoms with E-state index in [1.165, 1.54) is 6.92 Å². The number of benzene rings is 4. The minimum atomic E-state index is -0.395. The molecule has 1 aliphatic heterocycles. The van der Waals surface area contributed by atoms with Gasteiger partial charge in [-0.2, -0.15) is 10.2 Å². The van der Waals surface area contributed by atoms with E-state index >= 15 is 0 Å². The van der Waals surface area contributed by atoms with Crippen LogP contribution in [0.5, 0.6) is 0 Å². The molecule has 4 aromatic carbocycles. The van der Waals surface area contributed by atoms with Gasteiger partial charge in [0.1, 0.15) is 0 Å². The fraction of sp³-hybridized carbons (Fsp3) is 0.143. The zero-order valence-electron chi connectivity index (χ0n) is 23.3. The van der Waals surface area contributed by atoms with Crippen molar-refractivity contribution < 1.29 is 9.59 Å². The lowest BCUT2D eigenvalue weighted by atomic mass is 9.95. The van der Waals surface area contributed by atoms with E-state index in [4.69, 9.17) is 10.2 Å². The highest BCUT2D eigenvalue weighted by molar-refractivity contribution is 6.06. The lowest BCUT2D eigenvalue weighted by Crippen LogP contribution is -2.27. The molecule has 0 saturated heterocycles. The van der Waals surface area contributed by atoms with E-state index in [1.807, 2.05) is 60.3 Å². The van der Waals surface area contributed by atoms with Crippen molar-refractivity contribution in [2.45, 2.75) is 33.2 Å². The van der Waals surface area contributed by atoms with Crippen LogP contribution < -0.4 is 0 Å². The highest BCUT2D eigenvalue weighted by atomic mass is 16.2. The fourth-order valence-electron chi connectivity index (χ4n) is 5.14. The topological polar surface area (TPSA) is 67.6 Å². The van der Waals surface area contributed by atoms with Gasteiger partial charge in [0.15, 0.2) is 5.78 Å². The molecule has 0 saturated carbocycles. The summed E-state index contributed by atoms with van der Waals surface area (Å²) in [5.41, 5.74) is 8.63. The molecule has 0 bridgehead atoms. The normalized spacial score (nSPS) is 14.7. The Kier molecular flexibility index (Phi) is 6.89. The van der Waals surface area contributed by atoms with Crippen LogP contribution in [-0.4, -0.2) is 32.2 Å². The van der Waals surface area contributed by atoms with Crippen molar-refractivity contribution in [3.8, 4) is 16.9 Å². The number of carbonyl (C=O) groups excluding carboxylic acids is 2. The minimum Gasteiger partial charge on any atom is -0.295 e. The summed E-state index contributed by atoms with van der Waals surface area (Å²) in [6.07, 6.45) is 2.54. The Morgan fingerprint density at radius 1 is 0.756 bits per heavy atom. The third-order valence-electron chi connectivity index (χ3n) is 7.47. The molecule has 1 aromatic heterocycles. The predicted octanol–water partition coefficient (Wildman–Crippen LogP) is 7.35. The number of para-hydroxylation sites is 1. The lowest BCUT2D eigenvalue weighted by Gasteiger charge is -2.22. The van der Waals surface area contributed by atoms with E-state index in [2.05, 4.69) is 43.3 Å². The van der Waals surface area contributed by atoms with Gasteiger partial charge in [0.2, 0.25) is 0 Å². The number of aryl methyl sites for hydroxylation is 2. The van der Waals surface area contributed by atoms with Gasteiger partial charge in [-0.15, -0.1) is 0 Å². The zero-order valence-corrected chi connectivity index (χ0v) is 23.3. The second-order valence-corrected chi connectivity index (χ2v) is 10.5. The van der Waals surface area contributed by atoms with E-state index < -0.39 is 6.04 Å². The summed E-state index contributed by atoms with van der Waals surface area (Å²) in [4.78, 5) is 26.2. The van der Waals surface area contributed by atoms with Crippen molar-refractivity contribution in [2.75, 3.05) is 0 Å². The molecule has 1 unspecified atom stereocenters.